The predicted octanol–water partition coefficient (Wildman–Crippen LogP) is 4.89. The van der Waals surface area contributed by atoms with Crippen LogP contribution in [0.5, 0.6) is 11.5 Å². The van der Waals surface area contributed by atoms with Gasteiger partial charge in [0.05, 0.1) is 25.8 Å². The minimum absolute atomic E-state index is 0.0565. The fourth-order valence-electron chi connectivity index (χ4n) is 3.02. The van der Waals surface area contributed by atoms with E-state index in [0.29, 0.717) is 43.2 Å². The van der Waals surface area contributed by atoms with Crippen LogP contribution in [0.15, 0.2) is 34.5 Å². The lowest BCUT2D eigenvalue weighted by atomic mass is 9.77. The molecular weight excluding hydrogens is 342 g/mol. The monoisotopic (exact) mass is 373 g/mol. The Morgan fingerprint density at radius 3 is 2.63 bits per heavy atom. The lowest BCUT2D eigenvalue weighted by molar-refractivity contribution is -0.117. The molecule has 1 aliphatic rings. The van der Waals surface area contributed by atoms with Gasteiger partial charge < -0.3 is 14.6 Å². The molecule has 0 fully saturated rings. The van der Waals surface area contributed by atoms with Gasteiger partial charge in [0.15, 0.2) is 17.3 Å². The van der Waals surface area contributed by atoms with E-state index in [2.05, 4.69) is 18.8 Å². The normalized spacial score (nSPS) is 17.0. The lowest BCUT2D eigenvalue weighted by Crippen LogP contribution is -2.26. The molecule has 0 saturated carbocycles. The van der Waals surface area contributed by atoms with E-state index < -0.39 is 0 Å². The van der Waals surface area contributed by atoms with Gasteiger partial charge in [-0.3, -0.25) is 9.79 Å². The molecule has 0 heterocycles. The molecule has 5 heteroatoms. The Labute approximate surface area is 162 Å². The summed E-state index contributed by atoms with van der Waals surface area (Å²) in [5.41, 5.74) is 1.08. The van der Waals surface area contributed by atoms with Crippen molar-refractivity contribution in [2.24, 2.45) is 16.3 Å². The highest BCUT2D eigenvalue weighted by Gasteiger charge is 2.32. The molecule has 27 heavy (non-hydrogen) atoms. The summed E-state index contributed by atoms with van der Waals surface area (Å²) in [6.45, 7) is 9.33. The van der Waals surface area contributed by atoms with Gasteiger partial charge in [-0.05, 0) is 35.4 Å². The molecule has 2 rings (SSSR count). The van der Waals surface area contributed by atoms with Crippen LogP contribution in [0, 0.1) is 11.3 Å². The first kappa shape index (κ1) is 21.0. The van der Waals surface area contributed by atoms with Crippen LogP contribution in [-0.2, 0) is 11.3 Å². The van der Waals surface area contributed by atoms with Crippen LogP contribution in [0.25, 0.3) is 0 Å². The number of nitrogens with zero attached hydrogens (tertiary/aromatic N) is 1. The van der Waals surface area contributed by atoms with Crippen LogP contribution in [0.4, 0.5) is 0 Å². The van der Waals surface area contributed by atoms with E-state index in [1.165, 1.54) is 6.21 Å². The van der Waals surface area contributed by atoms with Crippen molar-refractivity contribution in [2.45, 2.75) is 53.5 Å². The zero-order valence-electron chi connectivity index (χ0n) is 17.0. The zero-order chi connectivity index (χ0) is 20.0. The molecule has 0 atom stereocenters. The minimum atomic E-state index is -0.197. The number of aliphatic imine (C=N–C) groups is 1. The summed E-state index contributed by atoms with van der Waals surface area (Å²) in [7, 11) is 1.61. The van der Waals surface area contributed by atoms with E-state index in [0.717, 1.165) is 17.7 Å². The second-order valence-electron chi connectivity index (χ2n) is 8.29. The Kier molecular flexibility index (Phi) is 7.05. The fourth-order valence-corrected chi connectivity index (χ4v) is 3.02. The second-order valence-corrected chi connectivity index (χ2v) is 8.29. The van der Waals surface area contributed by atoms with Crippen LogP contribution < -0.4 is 9.47 Å². The molecule has 0 amide bonds. The van der Waals surface area contributed by atoms with Gasteiger partial charge in [0, 0.05) is 19.1 Å². The predicted molar refractivity (Wildman–Crippen MR) is 108 cm³/mol. The van der Waals surface area contributed by atoms with Crippen molar-refractivity contribution >= 4 is 12.0 Å². The van der Waals surface area contributed by atoms with Crippen molar-refractivity contribution in [3.05, 3.63) is 35.1 Å². The third-order valence-corrected chi connectivity index (χ3v) is 4.57. The highest BCUT2D eigenvalue weighted by Crippen LogP contribution is 2.35. The number of Topliss-reactive ketones (excluding diaryl/α,β-unsaturated/α-hetero) is 1. The number of hydrogen-bond donors (Lipinski definition) is 1. The summed E-state index contributed by atoms with van der Waals surface area (Å²) in [4.78, 5) is 16.6. The van der Waals surface area contributed by atoms with Crippen molar-refractivity contribution in [1.82, 2.24) is 0 Å². The minimum Gasteiger partial charge on any atom is -0.511 e. The largest absolute Gasteiger partial charge is 0.511 e. The number of hydrogen-bond acceptors (Lipinski definition) is 5. The number of carbonyl (C=O) groups is 1. The van der Waals surface area contributed by atoms with Crippen molar-refractivity contribution in [1.29, 1.82) is 0 Å². The number of allylic oxidation sites excluding steroid dienone is 2. The molecule has 0 aromatic heterocycles. The van der Waals surface area contributed by atoms with Crippen molar-refractivity contribution in [2.75, 3.05) is 13.7 Å². The highest BCUT2D eigenvalue weighted by molar-refractivity contribution is 6.14. The number of aliphatic hydroxyl groups excluding tert-OH is 1. The standard InChI is InChI=1S/C22H31NO4/c1-15(2)8-9-27-20-7-6-16(10-21(20)26-5)13-23-14-17-18(24)11-22(3,4)12-19(17)25/h6-7,10,14-15,24H,8-9,11-13H2,1-5H3. The van der Waals surface area contributed by atoms with Crippen molar-refractivity contribution < 1.29 is 19.4 Å². The Hall–Kier alpha value is -2.30. The van der Waals surface area contributed by atoms with Crippen molar-refractivity contribution in [3.63, 3.8) is 0 Å². The summed E-state index contributed by atoms with van der Waals surface area (Å²) in [5, 5.41) is 10.1. The van der Waals surface area contributed by atoms with Gasteiger partial charge in [-0.2, -0.15) is 0 Å². The van der Waals surface area contributed by atoms with E-state index >= 15 is 0 Å². The average Bonchev–Trinajstić information content (AvgIpc) is 2.57. The summed E-state index contributed by atoms with van der Waals surface area (Å²) in [6, 6.07) is 5.71. The number of benzene rings is 1. The quantitative estimate of drug-likeness (QED) is 0.659. The maximum Gasteiger partial charge on any atom is 0.168 e. The van der Waals surface area contributed by atoms with Gasteiger partial charge in [0.2, 0.25) is 0 Å². The van der Waals surface area contributed by atoms with E-state index in [1.54, 1.807) is 7.11 Å². The number of methoxy groups -OCH3 is 1. The average molecular weight is 373 g/mol. The number of rotatable bonds is 8. The van der Waals surface area contributed by atoms with Crippen molar-refractivity contribution in [3.8, 4) is 11.5 Å². The molecule has 0 radical (unpaired) electrons. The second kappa shape index (κ2) is 9.07. The van der Waals surface area contributed by atoms with Crippen LogP contribution >= 0.6 is 0 Å². The Morgan fingerprint density at radius 1 is 1.26 bits per heavy atom. The number of carbonyl (C=O) groups excluding carboxylic acids is 1. The first-order valence-electron chi connectivity index (χ1n) is 9.46. The summed E-state index contributed by atoms with van der Waals surface area (Å²) in [6.07, 6.45) is 3.40. The van der Waals surface area contributed by atoms with Crippen LogP contribution in [0.1, 0.15) is 52.5 Å². The number of aliphatic hydroxyl groups is 1. The number of ether oxygens (including phenoxy) is 2. The third kappa shape index (κ3) is 6.12. The van der Waals surface area contributed by atoms with Crippen LogP contribution in [-0.4, -0.2) is 30.8 Å². The highest BCUT2D eigenvalue weighted by atomic mass is 16.5. The van der Waals surface area contributed by atoms with Gasteiger partial charge in [0.25, 0.3) is 0 Å². The molecule has 0 aliphatic heterocycles. The van der Waals surface area contributed by atoms with Gasteiger partial charge >= 0.3 is 0 Å². The van der Waals surface area contributed by atoms with E-state index in [4.69, 9.17) is 9.47 Å². The first-order chi connectivity index (χ1) is 12.7. The molecule has 1 aromatic carbocycles. The molecule has 0 spiro atoms. The molecular formula is C22H31NO4. The Bertz CT molecular complexity index is 732. The van der Waals surface area contributed by atoms with Crippen LogP contribution in [0.2, 0.25) is 0 Å². The Morgan fingerprint density at radius 2 is 2.00 bits per heavy atom. The van der Waals surface area contributed by atoms with Gasteiger partial charge in [-0.15, -0.1) is 0 Å². The first-order valence-corrected chi connectivity index (χ1v) is 9.46. The van der Waals surface area contributed by atoms with Crippen LogP contribution in [0.3, 0.4) is 0 Å². The molecule has 1 aromatic rings. The topological polar surface area (TPSA) is 68.1 Å². The molecule has 0 saturated heterocycles. The molecule has 1 aliphatic carbocycles. The van der Waals surface area contributed by atoms with Gasteiger partial charge in [-0.1, -0.05) is 33.8 Å². The number of ketones is 1. The SMILES string of the molecule is COc1cc(CN=CC2=C(O)CC(C)(C)CC2=O)ccc1OCCC(C)C. The maximum atomic E-state index is 12.2. The third-order valence-electron chi connectivity index (χ3n) is 4.57. The molecule has 0 bridgehead atoms. The molecule has 148 valence electrons. The summed E-state index contributed by atoms with van der Waals surface area (Å²) < 4.78 is 11.2. The van der Waals surface area contributed by atoms with E-state index in [9.17, 15) is 9.90 Å². The molecule has 1 N–H and O–H groups in total. The summed E-state index contributed by atoms with van der Waals surface area (Å²) >= 11 is 0. The van der Waals surface area contributed by atoms with Gasteiger partial charge in [0.1, 0.15) is 5.76 Å². The Balaban J connectivity index is 2.03. The molecule has 0 unspecified atom stereocenters. The fraction of sp³-hybridized carbons (Fsp3) is 0.545. The van der Waals surface area contributed by atoms with E-state index in [-0.39, 0.29) is 17.0 Å². The van der Waals surface area contributed by atoms with E-state index in [1.807, 2.05) is 32.0 Å². The summed E-state index contributed by atoms with van der Waals surface area (Å²) in [5.74, 6) is 2.05. The zero-order valence-corrected chi connectivity index (χ0v) is 17.0. The van der Waals surface area contributed by atoms with Gasteiger partial charge in [-0.25, -0.2) is 0 Å². The molecule has 5 nitrogen and oxygen atoms in total. The lowest BCUT2D eigenvalue weighted by Gasteiger charge is -2.28. The smallest absolute Gasteiger partial charge is 0.168 e. The maximum absolute atomic E-state index is 12.2.